The van der Waals surface area contributed by atoms with Crippen LogP contribution in [0.15, 0.2) is 43.0 Å². The largest absolute Gasteiger partial charge is 0.481 e. The molecule has 0 aliphatic carbocycles. The van der Waals surface area contributed by atoms with Crippen molar-refractivity contribution < 1.29 is 9.53 Å². The van der Waals surface area contributed by atoms with E-state index in [1.54, 1.807) is 25.1 Å². The second-order valence-electron chi connectivity index (χ2n) is 3.69. The van der Waals surface area contributed by atoms with E-state index in [4.69, 9.17) is 17.0 Å². The van der Waals surface area contributed by atoms with Crippen LogP contribution >= 0.6 is 12.2 Å². The zero-order chi connectivity index (χ0) is 14.1. The van der Waals surface area contributed by atoms with Gasteiger partial charge in [-0.15, -0.1) is 6.58 Å². The Morgan fingerprint density at radius 2 is 2.11 bits per heavy atom. The Labute approximate surface area is 118 Å². The summed E-state index contributed by atoms with van der Waals surface area (Å²) in [5.41, 5.74) is 5.04. The number of para-hydroxylation sites is 1. The zero-order valence-electron chi connectivity index (χ0n) is 10.7. The van der Waals surface area contributed by atoms with Gasteiger partial charge in [-0.05, 0) is 31.3 Å². The Morgan fingerprint density at radius 1 is 1.42 bits per heavy atom. The van der Waals surface area contributed by atoms with Crippen LogP contribution in [-0.4, -0.2) is 23.7 Å². The van der Waals surface area contributed by atoms with Gasteiger partial charge in [0.05, 0.1) is 0 Å². The summed E-state index contributed by atoms with van der Waals surface area (Å²) in [5, 5.41) is 3.14. The minimum atomic E-state index is -0.628. The molecule has 0 aliphatic heterocycles. The van der Waals surface area contributed by atoms with E-state index in [1.165, 1.54) is 0 Å². The fourth-order valence-corrected chi connectivity index (χ4v) is 1.32. The molecule has 0 saturated carbocycles. The molecule has 0 aliphatic rings. The van der Waals surface area contributed by atoms with Crippen molar-refractivity contribution in [1.29, 1.82) is 0 Å². The van der Waals surface area contributed by atoms with Gasteiger partial charge < -0.3 is 10.1 Å². The molecule has 0 saturated heterocycles. The van der Waals surface area contributed by atoms with Crippen LogP contribution < -0.4 is 20.9 Å². The second-order valence-corrected chi connectivity index (χ2v) is 4.09. The zero-order valence-corrected chi connectivity index (χ0v) is 11.5. The molecule has 0 radical (unpaired) electrons. The van der Waals surface area contributed by atoms with Gasteiger partial charge in [-0.3, -0.25) is 15.6 Å². The van der Waals surface area contributed by atoms with Crippen LogP contribution in [0.1, 0.15) is 6.92 Å². The molecule has 0 aromatic heterocycles. The molecule has 1 aromatic rings. The maximum atomic E-state index is 11.7. The topological polar surface area (TPSA) is 62.4 Å². The van der Waals surface area contributed by atoms with Crippen molar-refractivity contribution in [2.24, 2.45) is 0 Å². The lowest BCUT2D eigenvalue weighted by atomic mass is 10.3. The number of amides is 1. The number of rotatable bonds is 5. The maximum Gasteiger partial charge on any atom is 0.279 e. The Hall–Kier alpha value is -2.08. The van der Waals surface area contributed by atoms with Crippen LogP contribution in [-0.2, 0) is 4.79 Å². The number of benzene rings is 1. The van der Waals surface area contributed by atoms with Crippen LogP contribution in [0.25, 0.3) is 0 Å². The number of ether oxygens (including phenoxy) is 1. The SMILES string of the molecule is C=CCNC(=S)NNC(=O)[C@@H](C)Oc1ccccc1. The molecule has 1 rings (SSSR count). The molecular weight excluding hydrogens is 262 g/mol. The third-order valence-electron chi connectivity index (χ3n) is 2.13. The average molecular weight is 279 g/mol. The lowest BCUT2D eigenvalue weighted by molar-refractivity contribution is -0.127. The second kappa shape index (κ2) is 8.10. The summed E-state index contributed by atoms with van der Waals surface area (Å²) in [4.78, 5) is 11.7. The minimum Gasteiger partial charge on any atom is -0.481 e. The molecular formula is C13H17N3O2S. The fourth-order valence-electron chi connectivity index (χ4n) is 1.19. The molecule has 0 bridgehead atoms. The van der Waals surface area contributed by atoms with Gasteiger partial charge in [0.1, 0.15) is 5.75 Å². The van der Waals surface area contributed by atoms with Crippen LogP contribution in [0.2, 0.25) is 0 Å². The molecule has 0 heterocycles. The lowest BCUT2D eigenvalue weighted by Crippen LogP contribution is -2.50. The molecule has 1 amide bonds. The normalized spacial score (nSPS) is 11.0. The first-order valence-electron chi connectivity index (χ1n) is 5.79. The lowest BCUT2D eigenvalue weighted by Gasteiger charge is -2.16. The van der Waals surface area contributed by atoms with Crippen molar-refractivity contribution in [2.45, 2.75) is 13.0 Å². The molecule has 19 heavy (non-hydrogen) atoms. The molecule has 102 valence electrons. The summed E-state index contributed by atoms with van der Waals surface area (Å²) in [6.07, 6.45) is 1.04. The van der Waals surface area contributed by atoms with E-state index in [0.717, 1.165) is 0 Å². The van der Waals surface area contributed by atoms with Gasteiger partial charge in [0.25, 0.3) is 5.91 Å². The third-order valence-corrected chi connectivity index (χ3v) is 2.38. The highest BCUT2D eigenvalue weighted by molar-refractivity contribution is 7.80. The summed E-state index contributed by atoms with van der Waals surface area (Å²) in [6, 6.07) is 9.13. The molecule has 3 N–H and O–H groups in total. The Bertz CT molecular complexity index is 437. The quantitative estimate of drug-likeness (QED) is 0.428. The summed E-state index contributed by atoms with van der Waals surface area (Å²) in [6.45, 7) is 5.73. The van der Waals surface area contributed by atoms with Crippen molar-refractivity contribution in [3.8, 4) is 5.75 Å². The highest BCUT2D eigenvalue weighted by Crippen LogP contribution is 2.10. The van der Waals surface area contributed by atoms with Gasteiger partial charge in [0.15, 0.2) is 11.2 Å². The van der Waals surface area contributed by atoms with E-state index in [0.29, 0.717) is 17.4 Å². The van der Waals surface area contributed by atoms with E-state index in [2.05, 4.69) is 22.7 Å². The summed E-state index contributed by atoms with van der Waals surface area (Å²) >= 11 is 4.93. The van der Waals surface area contributed by atoms with Gasteiger partial charge in [0, 0.05) is 6.54 Å². The standard InChI is InChI=1S/C13H17N3O2S/c1-3-9-14-13(19)16-15-12(17)10(2)18-11-7-5-4-6-8-11/h3-8,10H,1,9H2,2H3,(H,15,17)(H2,14,16,19)/t10-/m1/s1. The third kappa shape index (κ3) is 5.87. The van der Waals surface area contributed by atoms with Gasteiger partial charge in [-0.25, -0.2) is 0 Å². The Balaban J connectivity index is 2.33. The highest BCUT2D eigenvalue weighted by Gasteiger charge is 2.14. The van der Waals surface area contributed by atoms with E-state index in [-0.39, 0.29) is 5.91 Å². The summed E-state index contributed by atoms with van der Waals surface area (Å²) in [5.74, 6) is 0.323. The first-order chi connectivity index (χ1) is 9.13. The molecule has 0 unspecified atom stereocenters. The molecule has 1 aromatic carbocycles. The molecule has 0 spiro atoms. The van der Waals surface area contributed by atoms with E-state index < -0.39 is 6.10 Å². The van der Waals surface area contributed by atoms with Crippen molar-refractivity contribution in [2.75, 3.05) is 6.54 Å². The number of hydrogen-bond donors (Lipinski definition) is 3. The van der Waals surface area contributed by atoms with Crippen molar-refractivity contribution in [1.82, 2.24) is 16.2 Å². The minimum absolute atomic E-state index is 0.313. The number of hydrogen-bond acceptors (Lipinski definition) is 3. The number of carbonyl (C=O) groups is 1. The van der Waals surface area contributed by atoms with Gasteiger partial charge in [-0.2, -0.15) is 0 Å². The average Bonchev–Trinajstić information content (AvgIpc) is 2.43. The molecule has 0 fully saturated rings. The predicted molar refractivity (Wildman–Crippen MR) is 78.6 cm³/mol. The van der Waals surface area contributed by atoms with E-state index in [9.17, 15) is 4.79 Å². The van der Waals surface area contributed by atoms with Crippen LogP contribution in [0.3, 0.4) is 0 Å². The molecule has 1 atom stereocenters. The van der Waals surface area contributed by atoms with E-state index in [1.807, 2.05) is 18.2 Å². The number of thiocarbonyl (C=S) groups is 1. The van der Waals surface area contributed by atoms with E-state index >= 15 is 0 Å². The number of hydrazine groups is 1. The fraction of sp³-hybridized carbons (Fsp3) is 0.231. The van der Waals surface area contributed by atoms with Crippen molar-refractivity contribution >= 4 is 23.2 Å². The van der Waals surface area contributed by atoms with Gasteiger partial charge >= 0.3 is 0 Å². The predicted octanol–water partition coefficient (Wildman–Crippen LogP) is 1.14. The Kier molecular flexibility index (Phi) is 6.38. The highest BCUT2D eigenvalue weighted by atomic mass is 32.1. The smallest absolute Gasteiger partial charge is 0.279 e. The monoisotopic (exact) mass is 279 g/mol. The molecule has 6 heteroatoms. The van der Waals surface area contributed by atoms with Crippen LogP contribution in [0.5, 0.6) is 5.75 Å². The first-order valence-corrected chi connectivity index (χ1v) is 6.20. The van der Waals surface area contributed by atoms with Crippen molar-refractivity contribution in [3.63, 3.8) is 0 Å². The number of nitrogens with one attached hydrogen (secondary N) is 3. The van der Waals surface area contributed by atoms with Crippen LogP contribution in [0, 0.1) is 0 Å². The van der Waals surface area contributed by atoms with Crippen LogP contribution in [0.4, 0.5) is 0 Å². The number of carbonyl (C=O) groups excluding carboxylic acids is 1. The van der Waals surface area contributed by atoms with Gasteiger partial charge in [-0.1, -0.05) is 24.3 Å². The Morgan fingerprint density at radius 3 is 2.74 bits per heavy atom. The van der Waals surface area contributed by atoms with Gasteiger partial charge in [0.2, 0.25) is 0 Å². The summed E-state index contributed by atoms with van der Waals surface area (Å²) < 4.78 is 5.46. The van der Waals surface area contributed by atoms with Crippen molar-refractivity contribution in [3.05, 3.63) is 43.0 Å². The summed E-state index contributed by atoms with van der Waals surface area (Å²) in [7, 11) is 0. The first kappa shape index (κ1) is 15.0. The molecule has 5 nitrogen and oxygen atoms in total. The maximum absolute atomic E-state index is 11.7.